The molecule has 0 unspecified atom stereocenters. The van der Waals surface area contributed by atoms with Crippen LogP contribution < -0.4 is 0 Å². The van der Waals surface area contributed by atoms with Gasteiger partial charge in [-0.3, -0.25) is 0 Å². The molecular weight excluding hydrogens is 407 g/mol. The molecule has 0 saturated carbocycles. The molecular formula is C9H7SY3-3. The van der Waals surface area contributed by atoms with E-state index in [1.807, 2.05) is 19.1 Å². The fraction of sp³-hybridized carbons (Fsp3) is 0.111. The van der Waals surface area contributed by atoms with Crippen LogP contribution in [0.3, 0.4) is 0 Å². The average Bonchev–Trinajstić information content (AvgIpc) is 2.37. The van der Waals surface area contributed by atoms with E-state index in [0.29, 0.717) is 0 Å². The van der Waals surface area contributed by atoms with Gasteiger partial charge in [-0.15, -0.1) is 6.08 Å². The molecule has 61 valence electrons. The Hall–Kier alpha value is 2.49. The van der Waals surface area contributed by atoms with E-state index in [0.717, 1.165) is 10.4 Å². The van der Waals surface area contributed by atoms with E-state index in [1.54, 1.807) is 0 Å². The van der Waals surface area contributed by atoms with Crippen molar-refractivity contribution in [1.29, 1.82) is 0 Å². The van der Waals surface area contributed by atoms with Crippen molar-refractivity contribution in [2.24, 2.45) is 0 Å². The first-order chi connectivity index (χ1) is 4.86. The number of hydrogen-bond acceptors (Lipinski definition) is 1. The third kappa shape index (κ3) is 8.31. The Kier molecular flexibility index (Phi) is 20.1. The summed E-state index contributed by atoms with van der Waals surface area (Å²) in [4.78, 5) is 1.07. The van der Waals surface area contributed by atoms with Crippen LogP contribution in [0.4, 0.5) is 0 Å². The van der Waals surface area contributed by atoms with E-state index < -0.39 is 0 Å². The molecule has 0 atom stereocenters. The smallest absolute Gasteiger partial charge is 0 e. The molecule has 0 amide bonds. The third-order valence-corrected chi connectivity index (χ3v) is 1.79. The van der Waals surface area contributed by atoms with Crippen molar-refractivity contribution in [3.05, 3.63) is 34.5 Å². The van der Waals surface area contributed by atoms with Crippen molar-refractivity contribution < 1.29 is 98.1 Å². The molecule has 0 aromatic carbocycles. The predicted octanol–water partition coefficient (Wildman–Crippen LogP) is 2.82. The van der Waals surface area contributed by atoms with Crippen molar-refractivity contribution in [2.45, 2.75) is 6.92 Å². The van der Waals surface area contributed by atoms with Gasteiger partial charge in [-0.05, 0) is 6.92 Å². The zero-order valence-electron chi connectivity index (χ0n) is 7.45. The van der Waals surface area contributed by atoms with E-state index in [9.17, 15) is 0 Å². The molecule has 0 aliphatic carbocycles. The Labute approximate surface area is 160 Å². The van der Waals surface area contributed by atoms with Gasteiger partial charge in [0.25, 0.3) is 0 Å². The van der Waals surface area contributed by atoms with Crippen LogP contribution in [0.15, 0.2) is 6.08 Å². The molecule has 4 heteroatoms. The van der Waals surface area contributed by atoms with Gasteiger partial charge in [0.15, 0.2) is 0 Å². The van der Waals surface area contributed by atoms with Crippen LogP contribution in [0, 0.1) is 18.0 Å². The molecule has 0 spiro atoms. The van der Waals surface area contributed by atoms with Crippen LogP contribution in [0.1, 0.15) is 17.4 Å². The minimum atomic E-state index is 0. The molecule has 0 nitrogen and oxygen atoms in total. The molecule has 1 aromatic rings. The van der Waals surface area contributed by atoms with Crippen LogP contribution in [-0.2, 0) is 98.1 Å². The van der Waals surface area contributed by atoms with Crippen LogP contribution in [-0.4, -0.2) is 0 Å². The third-order valence-electron chi connectivity index (χ3n) is 1.01. The van der Waals surface area contributed by atoms with Gasteiger partial charge in [-0.2, -0.15) is 6.08 Å². The van der Waals surface area contributed by atoms with E-state index in [-0.39, 0.29) is 98.1 Å². The number of rotatable bonds is 2. The second kappa shape index (κ2) is 12.6. The first-order valence-electron chi connectivity index (χ1n) is 2.98. The molecule has 0 bridgehead atoms. The first-order valence-corrected chi connectivity index (χ1v) is 3.80. The van der Waals surface area contributed by atoms with Gasteiger partial charge >= 0.3 is 0 Å². The van der Waals surface area contributed by atoms with Crippen LogP contribution >= 0.6 is 11.3 Å². The molecule has 3 radical (unpaired) electrons. The number of hydrogen-bond donors (Lipinski definition) is 0. The van der Waals surface area contributed by atoms with E-state index in [4.69, 9.17) is 6.58 Å². The van der Waals surface area contributed by atoms with E-state index in [1.165, 1.54) is 17.4 Å². The SMILES string of the molecule is [CH-]=Cc1[c-]sc(/C=C/C)[c-]1.[Y].[Y].[Y]. The number of allylic oxidation sites excluding steroid dienone is 1. The van der Waals surface area contributed by atoms with Crippen molar-refractivity contribution in [3.63, 3.8) is 0 Å². The fourth-order valence-corrected chi connectivity index (χ4v) is 1.30. The Morgan fingerprint density at radius 3 is 2.31 bits per heavy atom. The predicted molar refractivity (Wildman–Crippen MR) is 45.5 cm³/mol. The largest absolute Gasteiger partial charge is 0.455 e. The van der Waals surface area contributed by atoms with Gasteiger partial charge < -0.3 is 41.0 Å². The van der Waals surface area contributed by atoms with Crippen molar-refractivity contribution in [2.75, 3.05) is 0 Å². The first kappa shape index (κ1) is 20.8. The van der Waals surface area contributed by atoms with Gasteiger partial charge in [0.05, 0.1) is 0 Å². The molecule has 0 N–H and O–H groups in total. The minimum absolute atomic E-state index is 0. The normalized spacial score (nSPS) is 8.08. The van der Waals surface area contributed by atoms with Gasteiger partial charge in [0.2, 0.25) is 0 Å². The summed E-state index contributed by atoms with van der Waals surface area (Å²) in [5, 5.41) is 2.99. The standard InChI is InChI=1S/C9H7S.3Y/c1-3-5-9-6-8(4-2)7-10-9;;;/h2-5H,1H3;;;/q-3;;;/b5-3+;;;. The van der Waals surface area contributed by atoms with Gasteiger partial charge in [0.1, 0.15) is 0 Å². The Bertz CT molecular complexity index is 253. The van der Waals surface area contributed by atoms with E-state index in [2.05, 4.69) is 11.4 Å². The molecule has 13 heavy (non-hydrogen) atoms. The van der Waals surface area contributed by atoms with Gasteiger partial charge in [0, 0.05) is 98.1 Å². The van der Waals surface area contributed by atoms with Crippen molar-refractivity contribution >= 4 is 23.5 Å². The van der Waals surface area contributed by atoms with Crippen LogP contribution in [0.25, 0.3) is 12.2 Å². The van der Waals surface area contributed by atoms with Crippen LogP contribution in [0.2, 0.25) is 0 Å². The maximum Gasteiger partial charge on any atom is 0 e. The molecule has 0 aliphatic rings. The Morgan fingerprint density at radius 2 is 1.92 bits per heavy atom. The summed E-state index contributed by atoms with van der Waals surface area (Å²) in [7, 11) is 0. The summed E-state index contributed by atoms with van der Waals surface area (Å²) >= 11 is 1.52. The zero-order valence-corrected chi connectivity index (χ0v) is 16.8. The van der Waals surface area contributed by atoms with Crippen molar-refractivity contribution in [1.82, 2.24) is 0 Å². The average molecular weight is 414 g/mol. The molecule has 1 aromatic heterocycles. The second-order valence-corrected chi connectivity index (χ2v) is 2.62. The quantitative estimate of drug-likeness (QED) is 0.654. The Balaban J connectivity index is -0.000000333. The van der Waals surface area contributed by atoms with Gasteiger partial charge in [-0.25, -0.2) is 4.88 Å². The number of thiophene rings is 1. The summed E-state index contributed by atoms with van der Waals surface area (Å²) < 4.78 is 0. The molecule has 0 aliphatic heterocycles. The molecule has 0 fully saturated rings. The zero-order chi connectivity index (χ0) is 7.40. The van der Waals surface area contributed by atoms with E-state index >= 15 is 0 Å². The minimum Gasteiger partial charge on any atom is -0.455 e. The molecule has 0 saturated heterocycles. The maximum atomic E-state index is 5.25. The second-order valence-electron chi connectivity index (χ2n) is 1.77. The fourth-order valence-electron chi connectivity index (χ4n) is 0.596. The topological polar surface area (TPSA) is 0 Å². The van der Waals surface area contributed by atoms with Crippen LogP contribution in [0.5, 0.6) is 0 Å². The maximum absolute atomic E-state index is 5.25. The summed E-state index contributed by atoms with van der Waals surface area (Å²) in [5.41, 5.74) is 0.845. The summed E-state index contributed by atoms with van der Waals surface area (Å²) in [6.07, 6.45) is 5.45. The monoisotopic (exact) mass is 414 g/mol. The molecule has 1 heterocycles. The van der Waals surface area contributed by atoms with Crippen molar-refractivity contribution in [3.8, 4) is 0 Å². The summed E-state index contributed by atoms with van der Waals surface area (Å²) in [6.45, 7) is 7.23. The van der Waals surface area contributed by atoms with Gasteiger partial charge in [-0.1, -0.05) is 0 Å². The molecule has 1 rings (SSSR count). The summed E-state index contributed by atoms with van der Waals surface area (Å²) in [5.74, 6) is 0. The Morgan fingerprint density at radius 1 is 1.31 bits per heavy atom. The summed E-state index contributed by atoms with van der Waals surface area (Å²) in [6, 6.07) is 3.06.